The fourth-order valence-corrected chi connectivity index (χ4v) is 3.55. The number of hydrogen-bond donors (Lipinski definition) is 0. The van der Waals surface area contributed by atoms with Crippen LogP contribution in [0.5, 0.6) is 0 Å². The summed E-state index contributed by atoms with van der Waals surface area (Å²) in [4.78, 5) is 11.1. The van der Waals surface area contributed by atoms with E-state index in [1.165, 1.54) is 18.2 Å². The molecule has 2 aromatic rings. The molecular formula is C20H25F2N3. The van der Waals surface area contributed by atoms with E-state index >= 15 is 0 Å². The first-order valence-corrected chi connectivity index (χ1v) is 9.10. The highest BCUT2D eigenvalue weighted by Crippen LogP contribution is 2.24. The highest BCUT2D eigenvalue weighted by atomic mass is 19.1. The Hall–Kier alpha value is -1.88. The molecule has 1 aliphatic heterocycles. The topological polar surface area (TPSA) is 29.0 Å². The molecule has 1 aliphatic rings. The molecule has 0 saturated carbocycles. The van der Waals surface area contributed by atoms with Gasteiger partial charge in [-0.1, -0.05) is 13.0 Å². The van der Waals surface area contributed by atoms with Gasteiger partial charge >= 0.3 is 0 Å². The minimum absolute atomic E-state index is 0.225. The Morgan fingerprint density at radius 2 is 1.88 bits per heavy atom. The minimum Gasteiger partial charge on any atom is -0.299 e. The molecule has 1 saturated heterocycles. The lowest BCUT2D eigenvalue weighted by Crippen LogP contribution is -2.35. The van der Waals surface area contributed by atoms with Crippen LogP contribution in [0, 0.1) is 17.6 Å². The smallest absolute Gasteiger partial charge is 0.129 e. The molecule has 0 aliphatic carbocycles. The zero-order valence-electron chi connectivity index (χ0n) is 14.7. The lowest BCUT2D eigenvalue weighted by Gasteiger charge is -2.32. The van der Waals surface area contributed by atoms with E-state index in [4.69, 9.17) is 0 Å². The van der Waals surface area contributed by atoms with E-state index in [-0.39, 0.29) is 5.56 Å². The lowest BCUT2D eigenvalue weighted by molar-refractivity contribution is 0.161. The number of aryl methyl sites for hydroxylation is 1. The lowest BCUT2D eigenvalue weighted by atomic mass is 9.91. The number of piperidine rings is 1. The summed E-state index contributed by atoms with van der Waals surface area (Å²) in [5.74, 6) is 0.484. The van der Waals surface area contributed by atoms with Gasteiger partial charge in [0.1, 0.15) is 17.5 Å². The summed E-state index contributed by atoms with van der Waals surface area (Å²) in [6.07, 6.45) is 8.19. The van der Waals surface area contributed by atoms with Gasteiger partial charge in [-0.3, -0.25) is 4.90 Å². The Morgan fingerprint density at radius 1 is 1.16 bits per heavy atom. The summed E-state index contributed by atoms with van der Waals surface area (Å²) >= 11 is 0. The Balaban J connectivity index is 1.54. The average Bonchev–Trinajstić information content (AvgIpc) is 2.62. The van der Waals surface area contributed by atoms with Gasteiger partial charge in [0.05, 0.1) is 0 Å². The Kier molecular flexibility index (Phi) is 6.08. The van der Waals surface area contributed by atoms with Crippen LogP contribution in [0.4, 0.5) is 8.78 Å². The number of hydrogen-bond acceptors (Lipinski definition) is 3. The van der Waals surface area contributed by atoms with Crippen molar-refractivity contribution in [2.24, 2.45) is 5.92 Å². The maximum Gasteiger partial charge on any atom is 0.129 e. The first-order valence-electron chi connectivity index (χ1n) is 9.10. The number of nitrogens with zero attached hydrogens (tertiary/aromatic N) is 3. The second-order valence-electron chi connectivity index (χ2n) is 6.84. The molecule has 0 unspecified atom stereocenters. The highest BCUT2D eigenvalue weighted by molar-refractivity contribution is 5.19. The second kappa shape index (κ2) is 8.48. The van der Waals surface area contributed by atoms with Crippen LogP contribution < -0.4 is 0 Å². The first-order chi connectivity index (χ1) is 12.2. The van der Waals surface area contributed by atoms with Crippen LogP contribution in [0.1, 0.15) is 43.1 Å². The first kappa shape index (κ1) is 17.9. The van der Waals surface area contributed by atoms with E-state index in [1.54, 1.807) is 0 Å². The van der Waals surface area contributed by atoms with Crippen molar-refractivity contribution in [3.05, 3.63) is 59.2 Å². The van der Waals surface area contributed by atoms with Crippen LogP contribution in [0.15, 0.2) is 30.6 Å². The van der Waals surface area contributed by atoms with E-state index in [2.05, 4.69) is 14.9 Å². The third kappa shape index (κ3) is 4.82. The summed E-state index contributed by atoms with van der Waals surface area (Å²) in [6, 6.07) is 4.10. The van der Waals surface area contributed by atoms with Gasteiger partial charge in [-0.2, -0.15) is 0 Å². The molecule has 0 N–H and O–H groups in total. The molecule has 0 amide bonds. The third-order valence-corrected chi connectivity index (χ3v) is 4.95. The van der Waals surface area contributed by atoms with E-state index < -0.39 is 11.6 Å². The molecular weight excluding hydrogens is 320 g/mol. The SMILES string of the molecule is CCc1ncc(CN2CCC[C@H](CCc3c(F)cccc3F)C2)cn1. The molecule has 134 valence electrons. The van der Waals surface area contributed by atoms with Crippen LogP contribution >= 0.6 is 0 Å². The van der Waals surface area contributed by atoms with Crippen molar-refractivity contribution in [3.63, 3.8) is 0 Å². The molecule has 2 heterocycles. The fraction of sp³-hybridized carbons (Fsp3) is 0.500. The third-order valence-electron chi connectivity index (χ3n) is 4.95. The Bertz CT molecular complexity index is 668. The van der Waals surface area contributed by atoms with Crippen molar-refractivity contribution >= 4 is 0 Å². The van der Waals surface area contributed by atoms with Gasteiger partial charge in [0.25, 0.3) is 0 Å². The zero-order chi connectivity index (χ0) is 17.6. The van der Waals surface area contributed by atoms with E-state index in [1.807, 2.05) is 19.3 Å². The van der Waals surface area contributed by atoms with Crippen molar-refractivity contribution in [2.45, 2.75) is 45.6 Å². The molecule has 25 heavy (non-hydrogen) atoms. The van der Waals surface area contributed by atoms with Crippen molar-refractivity contribution < 1.29 is 8.78 Å². The summed E-state index contributed by atoms with van der Waals surface area (Å²) in [5, 5.41) is 0. The molecule has 1 aromatic carbocycles. The van der Waals surface area contributed by atoms with E-state index in [0.29, 0.717) is 12.3 Å². The number of likely N-dealkylation sites (tertiary alicyclic amines) is 1. The Morgan fingerprint density at radius 3 is 2.56 bits per heavy atom. The average molecular weight is 345 g/mol. The number of aromatic nitrogens is 2. The summed E-state index contributed by atoms with van der Waals surface area (Å²) in [7, 11) is 0. The molecule has 1 fully saturated rings. The van der Waals surface area contributed by atoms with Gasteiger partial charge in [0, 0.05) is 43.0 Å². The normalized spacial score (nSPS) is 18.4. The van der Waals surface area contributed by atoms with Crippen molar-refractivity contribution in [1.29, 1.82) is 0 Å². The predicted molar refractivity (Wildman–Crippen MR) is 94.1 cm³/mol. The van der Waals surface area contributed by atoms with E-state index in [0.717, 1.165) is 56.7 Å². The minimum atomic E-state index is -0.430. The Labute approximate surface area is 148 Å². The second-order valence-corrected chi connectivity index (χ2v) is 6.84. The molecule has 0 bridgehead atoms. The monoisotopic (exact) mass is 345 g/mol. The van der Waals surface area contributed by atoms with Crippen molar-refractivity contribution in [3.8, 4) is 0 Å². The summed E-state index contributed by atoms with van der Waals surface area (Å²) in [6.45, 7) is 4.91. The molecule has 0 spiro atoms. The standard InChI is InChI=1S/C20H25F2N3/c1-2-20-23-11-16(12-24-20)14-25-10-4-5-15(13-25)8-9-17-18(21)6-3-7-19(17)22/h3,6-7,11-12,15H,2,4-5,8-10,13-14H2,1H3/t15-/m1/s1. The highest BCUT2D eigenvalue weighted by Gasteiger charge is 2.21. The number of rotatable bonds is 6. The molecule has 3 rings (SSSR count). The maximum absolute atomic E-state index is 13.8. The molecule has 1 atom stereocenters. The largest absolute Gasteiger partial charge is 0.299 e. The van der Waals surface area contributed by atoms with Crippen LogP contribution in [-0.2, 0) is 19.4 Å². The van der Waals surface area contributed by atoms with Crippen LogP contribution in [-0.4, -0.2) is 28.0 Å². The van der Waals surface area contributed by atoms with Gasteiger partial charge in [0.15, 0.2) is 0 Å². The van der Waals surface area contributed by atoms with Crippen LogP contribution in [0.2, 0.25) is 0 Å². The van der Waals surface area contributed by atoms with Crippen LogP contribution in [0.3, 0.4) is 0 Å². The summed E-state index contributed by atoms with van der Waals surface area (Å²) < 4.78 is 27.5. The molecule has 3 nitrogen and oxygen atoms in total. The molecule has 0 radical (unpaired) electrons. The summed E-state index contributed by atoms with van der Waals surface area (Å²) in [5.41, 5.74) is 1.35. The van der Waals surface area contributed by atoms with Gasteiger partial charge in [-0.15, -0.1) is 0 Å². The van der Waals surface area contributed by atoms with E-state index in [9.17, 15) is 8.78 Å². The number of halogens is 2. The molecule has 1 aromatic heterocycles. The van der Waals surface area contributed by atoms with Gasteiger partial charge in [0.2, 0.25) is 0 Å². The van der Waals surface area contributed by atoms with Gasteiger partial charge in [-0.05, 0) is 50.3 Å². The maximum atomic E-state index is 13.8. The molecule has 5 heteroatoms. The zero-order valence-corrected chi connectivity index (χ0v) is 14.7. The number of benzene rings is 1. The van der Waals surface area contributed by atoms with Gasteiger partial charge < -0.3 is 0 Å². The predicted octanol–water partition coefficient (Wildman–Crippen LogP) is 4.16. The fourth-order valence-electron chi connectivity index (χ4n) is 3.55. The van der Waals surface area contributed by atoms with Crippen LogP contribution in [0.25, 0.3) is 0 Å². The van der Waals surface area contributed by atoms with Crippen molar-refractivity contribution in [1.82, 2.24) is 14.9 Å². The van der Waals surface area contributed by atoms with Gasteiger partial charge in [-0.25, -0.2) is 18.7 Å². The quantitative estimate of drug-likeness (QED) is 0.787. The van der Waals surface area contributed by atoms with Crippen molar-refractivity contribution in [2.75, 3.05) is 13.1 Å².